The molecule has 0 aliphatic heterocycles. The van der Waals surface area contributed by atoms with Crippen molar-refractivity contribution in [2.45, 2.75) is 0 Å². The largest absolute Gasteiger partial charge is 0.465 e. The van der Waals surface area contributed by atoms with E-state index >= 15 is 0 Å². The molecule has 5 heteroatoms. The van der Waals surface area contributed by atoms with Crippen molar-refractivity contribution in [1.29, 1.82) is 0 Å². The molecule has 0 aliphatic rings. The molecule has 0 amide bonds. The van der Waals surface area contributed by atoms with Crippen LogP contribution in [0.5, 0.6) is 0 Å². The molecule has 13 heavy (non-hydrogen) atoms. The van der Waals surface area contributed by atoms with Gasteiger partial charge in [-0.1, -0.05) is 0 Å². The monoisotopic (exact) mass is 192 g/mol. The predicted molar refractivity (Wildman–Crippen MR) is 45.5 cm³/mol. The summed E-state index contributed by atoms with van der Waals surface area (Å²) in [6, 6.07) is 0. The molecule has 0 radical (unpaired) electrons. The van der Waals surface area contributed by atoms with Crippen molar-refractivity contribution in [2.75, 3.05) is 46.8 Å². The van der Waals surface area contributed by atoms with Crippen LogP contribution in [0.1, 0.15) is 0 Å². The van der Waals surface area contributed by atoms with Gasteiger partial charge >= 0.3 is 0 Å². The first kappa shape index (κ1) is 12.3. The molecule has 0 fully saturated rings. The van der Waals surface area contributed by atoms with Crippen molar-refractivity contribution < 1.29 is 23.7 Å². The highest BCUT2D eigenvalue weighted by atomic mass is 16.6. The Kier molecular flexibility index (Phi) is 10.8. The van der Waals surface area contributed by atoms with Gasteiger partial charge in [0.05, 0.1) is 33.0 Å². The van der Waals surface area contributed by atoms with Gasteiger partial charge in [-0.3, -0.25) is 4.79 Å². The molecule has 0 N–H and O–H groups in total. The van der Waals surface area contributed by atoms with Gasteiger partial charge in [0, 0.05) is 7.11 Å². The summed E-state index contributed by atoms with van der Waals surface area (Å²) in [5, 5.41) is 0. The zero-order chi connectivity index (χ0) is 9.78. The van der Waals surface area contributed by atoms with Crippen molar-refractivity contribution >= 4 is 6.47 Å². The third-order valence-electron chi connectivity index (χ3n) is 1.22. The summed E-state index contributed by atoms with van der Waals surface area (Å²) in [5.41, 5.74) is 0. The Hall–Kier alpha value is -0.650. The van der Waals surface area contributed by atoms with Crippen LogP contribution in [-0.2, 0) is 23.7 Å². The maximum Gasteiger partial charge on any atom is 0.293 e. The van der Waals surface area contributed by atoms with E-state index in [-0.39, 0.29) is 0 Å². The van der Waals surface area contributed by atoms with Crippen LogP contribution in [0.3, 0.4) is 0 Å². The second kappa shape index (κ2) is 11.4. The lowest BCUT2D eigenvalue weighted by atomic mass is 10.7. The van der Waals surface area contributed by atoms with Crippen molar-refractivity contribution in [3.63, 3.8) is 0 Å². The summed E-state index contributed by atoms with van der Waals surface area (Å²) in [6.45, 7) is 3.31. The van der Waals surface area contributed by atoms with Crippen LogP contribution >= 0.6 is 0 Å². The second-order valence-corrected chi connectivity index (χ2v) is 2.18. The number of ether oxygens (including phenoxy) is 4. The van der Waals surface area contributed by atoms with E-state index in [0.29, 0.717) is 46.1 Å². The van der Waals surface area contributed by atoms with Crippen molar-refractivity contribution in [2.24, 2.45) is 0 Å². The Bertz CT molecular complexity index is 107. The quantitative estimate of drug-likeness (QED) is 0.355. The van der Waals surface area contributed by atoms with Crippen LogP contribution in [0.15, 0.2) is 0 Å². The van der Waals surface area contributed by atoms with Crippen molar-refractivity contribution in [3.05, 3.63) is 0 Å². The molecular weight excluding hydrogens is 176 g/mol. The average molecular weight is 192 g/mol. The van der Waals surface area contributed by atoms with Crippen LogP contribution in [0, 0.1) is 0 Å². The van der Waals surface area contributed by atoms with Gasteiger partial charge in [0.1, 0.15) is 6.61 Å². The fourth-order valence-electron chi connectivity index (χ4n) is 0.619. The first-order valence-corrected chi connectivity index (χ1v) is 4.11. The van der Waals surface area contributed by atoms with Gasteiger partial charge in [0.2, 0.25) is 0 Å². The normalized spacial score (nSPS) is 9.92. The van der Waals surface area contributed by atoms with Crippen LogP contribution in [0.2, 0.25) is 0 Å². The summed E-state index contributed by atoms with van der Waals surface area (Å²) < 4.78 is 19.4. The van der Waals surface area contributed by atoms with E-state index in [1.165, 1.54) is 0 Å². The molecule has 0 aromatic heterocycles. The Balaban J connectivity index is 2.79. The van der Waals surface area contributed by atoms with E-state index in [1.807, 2.05) is 0 Å². The van der Waals surface area contributed by atoms with E-state index < -0.39 is 0 Å². The average Bonchev–Trinajstić information content (AvgIpc) is 2.16. The molecule has 0 bridgehead atoms. The molecule has 5 nitrogen and oxygen atoms in total. The highest BCUT2D eigenvalue weighted by Crippen LogP contribution is 1.80. The van der Waals surface area contributed by atoms with E-state index in [4.69, 9.17) is 14.2 Å². The van der Waals surface area contributed by atoms with Crippen molar-refractivity contribution in [1.82, 2.24) is 0 Å². The molecular formula is C8H16O5. The van der Waals surface area contributed by atoms with Crippen LogP contribution in [0.4, 0.5) is 0 Å². The zero-order valence-electron chi connectivity index (χ0n) is 7.86. The molecule has 0 unspecified atom stereocenters. The standard InChI is InChI=1S/C8H16O5/c1-10-2-3-11-4-5-12-6-7-13-8-9/h8H,2-7H2,1H3. The Morgan fingerprint density at radius 2 is 1.46 bits per heavy atom. The van der Waals surface area contributed by atoms with Gasteiger partial charge in [-0.15, -0.1) is 0 Å². The molecule has 0 saturated heterocycles. The molecule has 0 spiro atoms. The Morgan fingerprint density at radius 3 is 2.00 bits per heavy atom. The van der Waals surface area contributed by atoms with E-state index in [9.17, 15) is 4.79 Å². The van der Waals surface area contributed by atoms with Gasteiger partial charge in [0.25, 0.3) is 6.47 Å². The maximum atomic E-state index is 9.70. The van der Waals surface area contributed by atoms with Gasteiger partial charge in [-0.05, 0) is 0 Å². The van der Waals surface area contributed by atoms with E-state index in [1.54, 1.807) is 7.11 Å². The highest BCUT2D eigenvalue weighted by Gasteiger charge is 1.89. The third kappa shape index (κ3) is 11.3. The van der Waals surface area contributed by atoms with Gasteiger partial charge in [0.15, 0.2) is 0 Å². The third-order valence-corrected chi connectivity index (χ3v) is 1.22. The number of rotatable bonds is 10. The molecule has 0 rings (SSSR count). The summed E-state index contributed by atoms with van der Waals surface area (Å²) in [6.07, 6.45) is 0. The summed E-state index contributed by atoms with van der Waals surface area (Å²) >= 11 is 0. The minimum absolute atomic E-state index is 0.293. The van der Waals surface area contributed by atoms with Crippen LogP contribution < -0.4 is 0 Å². The van der Waals surface area contributed by atoms with Gasteiger partial charge in [-0.25, -0.2) is 0 Å². The topological polar surface area (TPSA) is 54.0 Å². The molecule has 0 aromatic rings. The second-order valence-electron chi connectivity index (χ2n) is 2.18. The van der Waals surface area contributed by atoms with Crippen LogP contribution in [-0.4, -0.2) is 53.2 Å². The Labute approximate surface area is 77.9 Å². The van der Waals surface area contributed by atoms with Crippen molar-refractivity contribution in [3.8, 4) is 0 Å². The molecule has 0 heterocycles. The number of hydrogen-bond donors (Lipinski definition) is 0. The van der Waals surface area contributed by atoms with E-state index in [0.717, 1.165) is 0 Å². The molecule has 78 valence electrons. The lowest BCUT2D eigenvalue weighted by molar-refractivity contribution is -0.130. The van der Waals surface area contributed by atoms with Gasteiger partial charge in [-0.2, -0.15) is 0 Å². The number of hydrogen-bond acceptors (Lipinski definition) is 5. The summed E-state index contributed by atoms with van der Waals surface area (Å²) in [4.78, 5) is 9.70. The lowest BCUT2D eigenvalue weighted by Crippen LogP contribution is -2.10. The smallest absolute Gasteiger partial charge is 0.293 e. The van der Waals surface area contributed by atoms with Gasteiger partial charge < -0.3 is 18.9 Å². The molecule has 0 atom stereocenters. The minimum Gasteiger partial charge on any atom is -0.465 e. The zero-order valence-corrected chi connectivity index (χ0v) is 7.86. The fraction of sp³-hybridized carbons (Fsp3) is 0.875. The summed E-state index contributed by atoms with van der Waals surface area (Å²) in [7, 11) is 1.62. The molecule has 0 aromatic carbocycles. The van der Waals surface area contributed by atoms with Crippen LogP contribution in [0.25, 0.3) is 0 Å². The highest BCUT2D eigenvalue weighted by molar-refractivity contribution is 5.36. The first-order valence-electron chi connectivity index (χ1n) is 4.11. The molecule has 0 aliphatic carbocycles. The predicted octanol–water partition coefficient (Wildman–Crippen LogP) is -0.161. The Morgan fingerprint density at radius 1 is 0.923 bits per heavy atom. The minimum atomic E-state index is 0.293. The lowest BCUT2D eigenvalue weighted by Gasteiger charge is -2.04. The maximum absolute atomic E-state index is 9.70. The number of carbonyl (C=O) groups excluding carboxylic acids is 1. The number of methoxy groups -OCH3 is 1. The number of carbonyl (C=O) groups is 1. The summed E-state index contributed by atoms with van der Waals surface area (Å²) in [5.74, 6) is 0. The SMILES string of the molecule is COCCOCCOCCOC=O. The molecule has 0 saturated carbocycles. The van der Waals surface area contributed by atoms with E-state index in [2.05, 4.69) is 4.74 Å². The fourth-order valence-corrected chi connectivity index (χ4v) is 0.619. The first-order chi connectivity index (χ1) is 6.41.